The van der Waals surface area contributed by atoms with Gasteiger partial charge in [0, 0.05) is 9.50 Å². The van der Waals surface area contributed by atoms with Crippen LogP contribution >= 0.6 is 27.5 Å². The summed E-state index contributed by atoms with van der Waals surface area (Å²) in [6.45, 7) is 0.456. The molecule has 0 spiro atoms. The molecule has 0 N–H and O–H groups in total. The number of nitriles is 1. The minimum Gasteiger partial charge on any atom is -0.489 e. The molecule has 3 rings (SSSR count). The van der Waals surface area contributed by atoms with E-state index in [1.165, 1.54) is 0 Å². The molecule has 0 saturated carbocycles. The first kappa shape index (κ1) is 18.3. The van der Waals surface area contributed by atoms with Crippen LogP contribution in [0.2, 0.25) is 5.02 Å². The van der Waals surface area contributed by atoms with Gasteiger partial charge in [0.25, 0.3) is 0 Å². The second-order valence-electron chi connectivity index (χ2n) is 5.66. The molecular formula is C22H15BrClNO. The van der Waals surface area contributed by atoms with Gasteiger partial charge in [-0.25, -0.2) is 0 Å². The third kappa shape index (κ3) is 4.98. The number of benzene rings is 3. The van der Waals surface area contributed by atoms with Crippen molar-refractivity contribution in [2.24, 2.45) is 0 Å². The highest BCUT2D eigenvalue weighted by Gasteiger charge is 2.02. The highest BCUT2D eigenvalue weighted by atomic mass is 79.9. The molecule has 0 aromatic heterocycles. The fourth-order valence-corrected chi connectivity index (χ4v) is 2.91. The van der Waals surface area contributed by atoms with E-state index < -0.39 is 0 Å². The number of halogens is 2. The maximum Gasteiger partial charge on any atom is 0.119 e. The summed E-state index contributed by atoms with van der Waals surface area (Å²) in [6, 6.07) is 25.2. The lowest BCUT2D eigenvalue weighted by Gasteiger charge is -2.07. The van der Waals surface area contributed by atoms with Crippen LogP contribution in [-0.2, 0) is 6.61 Å². The van der Waals surface area contributed by atoms with Crippen molar-refractivity contribution < 1.29 is 4.74 Å². The first-order valence-electron chi connectivity index (χ1n) is 7.99. The van der Waals surface area contributed by atoms with Crippen LogP contribution < -0.4 is 4.74 Å². The number of nitrogens with zero attached hydrogens (tertiary/aromatic N) is 1. The lowest BCUT2D eigenvalue weighted by atomic mass is 10.0. The van der Waals surface area contributed by atoms with E-state index >= 15 is 0 Å². The van der Waals surface area contributed by atoms with Crippen molar-refractivity contribution in [3.8, 4) is 11.8 Å². The highest BCUT2D eigenvalue weighted by molar-refractivity contribution is 9.10. The van der Waals surface area contributed by atoms with E-state index in [4.69, 9.17) is 16.3 Å². The molecule has 0 saturated heterocycles. The molecule has 0 heterocycles. The van der Waals surface area contributed by atoms with E-state index in [2.05, 4.69) is 22.0 Å². The molecule has 0 aliphatic heterocycles. The van der Waals surface area contributed by atoms with Crippen LogP contribution in [0.5, 0.6) is 5.75 Å². The zero-order chi connectivity index (χ0) is 18.4. The first-order chi connectivity index (χ1) is 12.6. The quantitative estimate of drug-likeness (QED) is 0.335. The molecule has 26 heavy (non-hydrogen) atoms. The van der Waals surface area contributed by atoms with Crippen molar-refractivity contribution in [1.29, 1.82) is 5.26 Å². The second kappa shape index (κ2) is 8.71. The molecule has 0 aliphatic rings. The largest absolute Gasteiger partial charge is 0.489 e. The summed E-state index contributed by atoms with van der Waals surface area (Å²) in [6.07, 6.45) is 1.87. The van der Waals surface area contributed by atoms with Crippen LogP contribution in [0.4, 0.5) is 0 Å². The smallest absolute Gasteiger partial charge is 0.119 e. The van der Waals surface area contributed by atoms with Gasteiger partial charge in [-0.2, -0.15) is 5.26 Å². The Morgan fingerprint density at radius 1 is 1.04 bits per heavy atom. The molecule has 2 nitrogen and oxygen atoms in total. The summed E-state index contributed by atoms with van der Waals surface area (Å²) in [5.74, 6) is 0.768. The Bertz CT molecular complexity index is 957. The lowest BCUT2D eigenvalue weighted by molar-refractivity contribution is 0.306. The molecule has 0 unspecified atom stereocenters. The molecule has 0 aliphatic carbocycles. The molecular weight excluding hydrogens is 410 g/mol. The van der Waals surface area contributed by atoms with Crippen molar-refractivity contribution in [2.75, 3.05) is 0 Å². The summed E-state index contributed by atoms with van der Waals surface area (Å²) < 4.78 is 6.77. The average Bonchev–Trinajstić information content (AvgIpc) is 2.66. The number of ether oxygens (including phenoxy) is 1. The normalized spacial score (nSPS) is 11.0. The summed E-state index contributed by atoms with van der Waals surface area (Å²) >= 11 is 9.38. The maximum atomic E-state index is 9.43. The van der Waals surface area contributed by atoms with Crippen LogP contribution in [0.15, 0.2) is 77.3 Å². The molecule has 128 valence electrons. The van der Waals surface area contributed by atoms with Crippen LogP contribution in [0.3, 0.4) is 0 Å². The van der Waals surface area contributed by atoms with Crippen LogP contribution in [0, 0.1) is 11.3 Å². The fourth-order valence-electron chi connectivity index (χ4n) is 2.43. The Hall–Kier alpha value is -2.54. The Morgan fingerprint density at radius 3 is 2.42 bits per heavy atom. The zero-order valence-electron chi connectivity index (χ0n) is 13.8. The second-order valence-corrected chi connectivity index (χ2v) is 7.02. The van der Waals surface area contributed by atoms with Crippen molar-refractivity contribution >= 4 is 39.2 Å². The third-order valence-electron chi connectivity index (χ3n) is 3.76. The van der Waals surface area contributed by atoms with Crippen LogP contribution in [0.25, 0.3) is 11.6 Å². The van der Waals surface area contributed by atoms with E-state index in [1.807, 2.05) is 78.9 Å². The van der Waals surface area contributed by atoms with Crippen LogP contribution in [0.1, 0.15) is 16.7 Å². The Kier molecular flexibility index (Phi) is 6.12. The van der Waals surface area contributed by atoms with Gasteiger partial charge >= 0.3 is 0 Å². The average molecular weight is 425 g/mol. The molecule has 0 radical (unpaired) electrons. The number of hydrogen-bond acceptors (Lipinski definition) is 2. The topological polar surface area (TPSA) is 33.0 Å². The minimum absolute atomic E-state index is 0.456. The molecule has 0 amide bonds. The van der Waals surface area contributed by atoms with Gasteiger partial charge < -0.3 is 4.74 Å². The maximum absolute atomic E-state index is 9.43. The van der Waals surface area contributed by atoms with Gasteiger partial charge in [-0.15, -0.1) is 0 Å². The molecule has 3 aromatic rings. The summed E-state index contributed by atoms with van der Waals surface area (Å²) in [5, 5.41) is 10.1. The Labute approximate surface area is 166 Å². The molecule has 0 fully saturated rings. The van der Waals surface area contributed by atoms with E-state index in [-0.39, 0.29) is 0 Å². The van der Waals surface area contributed by atoms with Gasteiger partial charge in [-0.1, -0.05) is 63.9 Å². The van der Waals surface area contributed by atoms with Crippen molar-refractivity contribution in [2.45, 2.75) is 6.61 Å². The van der Waals surface area contributed by atoms with Crippen molar-refractivity contribution in [1.82, 2.24) is 0 Å². The van der Waals surface area contributed by atoms with Gasteiger partial charge in [-0.05, 0) is 59.2 Å². The van der Waals surface area contributed by atoms with Crippen molar-refractivity contribution in [3.05, 3.63) is 99.0 Å². The minimum atomic E-state index is 0.456. The molecule has 0 bridgehead atoms. The molecule has 4 heteroatoms. The van der Waals surface area contributed by atoms with Crippen LogP contribution in [-0.4, -0.2) is 0 Å². The number of hydrogen-bond donors (Lipinski definition) is 0. The van der Waals surface area contributed by atoms with Gasteiger partial charge in [0.1, 0.15) is 12.4 Å². The SMILES string of the molecule is N#C/C(=C\c1ccc(OCc2cccc(Cl)c2)cc1)c1ccc(Br)cc1. The Balaban J connectivity index is 1.70. The standard InChI is InChI=1S/C22H15BrClNO/c23-20-8-6-18(7-9-20)19(14-25)12-16-4-10-22(11-5-16)26-15-17-2-1-3-21(24)13-17/h1-13H,15H2/b19-12+. The monoisotopic (exact) mass is 423 g/mol. The first-order valence-corrected chi connectivity index (χ1v) is 9.16. The predicted molar refractivity (Wildman–Crippen MR) is 110 cm³/mol. The lowest BCUT2D eigenvalue weighted by Crippen LogP contribution is -1.95. The Morgan fingerprint density at radius 2 is 1.77 bits per heavy atom. The molecule has 0 atom stereocenters. The van der Waals surface area contributed by atoms with E-state index in [0.717, 1.165) is 26.9 Å². The van der Waals surface area contributed by atoms with E-state index in [9.17, 15) is 5.26 Å². The van der Waals surface area contributed by atoms with E-state index in [0.29, 0.717) is 17.2 Å². The third-order valence-corrected chi connectivity index (χ3v) is 4.53. The summed E-state index contributed by atoms with van der Waals surface area (Å²) in [4.78, 5) is 0. The van der Waals surface area contributed by atoms with Gasteiger partial charge in [0.2, 0.25) is 0 Å². The van der Waals surface area contributed by atoms with E-state index in [1.54, 1.807) is 0 Å². The number of allylic oxidation sites excluding steroid dienone is 1. The van der Waals surface area contributed by atoms with Gasteiger partial charge in [-0.3, -0.25) is 0 Å². The highest BCUT2D eigenvalue weighted by Crippen LogP contribution is 2.22. The van der Waals surface area contributed by atoms with Gasteiger partial charge in [0.05, 0.1) is 11.6 Å². The fraction of sp³-hybridized carbons (Fsp3) is 0.0455. The van der Waals surface area contributed by atoms with Gasteiger partial charge in [0.15, 0.2) is 0 Å². The predicted octanol–water partition coefficient (Wildman–Crippen LogP) is 6.75. The summed E-state index contributed by atoms with van der Waals surface area (Å²) in [7, 11) is 0. The summed E-state index contributed by atoms with van der Waals surface area (Å²) in [5.41, 5.74) is 3.46. The molecule has 3 aromatic carbocycles. The zero-order valence-corrected chi connectivity index (χ0v) is 16.2. The number of rotatable bonds is 5. The van der Waals surface area contributed by atoms with Crippen molar-refractivity contribution in [3.63, 3.8) is 0 Å².